The van der Waals surface area contributed by atoms with Crippen molar-refractivity contribution in [1.29, 1.82) is 0 Å². The fourth-order valence-corrected chi connectivity index (χ4v) is 3.51. The second-order valence-corrected chi connectivity index (χ2v) is 8.34. The summed E-state index contributed by atoms with van der Waals surface area (Å²) in [5.41, 5.74) is 4.48. The van der Waals surface area contributed by atoms with Crippen LogP contribution in [0.2, 0.25) is 0 Å². The quantitative estimate of drug-likeness (QED) is 0.156. The summed E-state index contributed by atoms with van der Waals surface area (Å²) >= 11 is 0. The Hall–Kier alpha value is -4.53. The minimum atomic E-state index is -0.610. The third-order valence-electron chi connectivity index (χ3n) is 5.80. The molecule has 0 aliphatic rings. The van der Waals surface area contributed by atoms with Gasteiger partial charge in [-0.2, -0.15) is 5.10 Å². The number of nitrogens with one attached hydrogen (secondary N) is 1. The highest BCUT2D eigenvalue weighted by atomic mass is 16.5. The molecule has 0 fully saturated rings. The molecule has 0 heterocycles. The lowest BCUT2D eigenvalue weighted by Crippen LogP contribution is -2.24. The Kier molecular flexibility index (Phi) is 10.1. The summed E-state index contributed by atoms with van der Waals surface area (Å²) in [5, 5.41) is 3.95. The van der Waals surface area contributed by atoms with E-state index in [1.807, 2.05) is 24.3 Å². The fraction of sp³-hybridized carbons (Fsp3) is 0.276. The van der Waals surface area contributed by atoms with Gasteiger partial charge in [-0.1, -0.05) is 38.1 Å². The minimum Gasteiger partial charge on any atom is -0.493 e. The Morgan fingerprint density at radius 2 is 1.61 bits per heavy atom. The molecule has 1 atom stereocenters. The topological polar surface area (TPSA) is 105 Å². The third-order valence-corrected chi connectivity index (χ3v) is 5.80. The summed E-state index contributed by atoms with van der Waals surface area (Å²) in [6, 6.07) is 17.4. The molecule has 9 nitrogen and oxygen atoms in total. The van der Waals surface area contributed by atoms with Crippen molar-refractivity contribution in [2.75, 3.05) is 27.9 Å². The van der Waals surface area contributed by atoms with E-state index in [-0.39, 0.29) is 12.2 Å². The smallest absolute Gasteiger partial charge is 0.343 e. The number of hydrazone groups is 1. The molecule has 1 unspecified atom stereocenters. The molecule has 0 bridgehead atoms. The molecule has 1 N–H and O–H groups in total. The molecule has 0 saturated heterocycles. The number of methoxy groups -OCH3 is 3. The summed E-state index contributed by atoms with van der Waals surface area (Å²) < 4.78 is 26.9. The molecule has 3 aromatic rings. The fourth-order valence-electron chi connectivity index (χ4n) is 3.51. The van der Waals surface area contributed by atoms with E-state index in [0.717, 1.165) is 6.42 Å². The van der Waals surface area contributed by atoms with E-state index in [2.05, 4.69) is 24.4 Å². The third kappa shape index (κ3) is 7.49. The highest BCUT2D eigenvalue weighted by Crippen LogP contribution is 2.38. The van der Waals surface area contributed by atoms with Crippen molar-refractivity contribution in [3.05, 3.63) is 77.4 Å². The van der Waals surface area contributed by atoms with Crippen LogP contribution < -0.4 is 29.1 Å². The van der Waals surface area contributed by atoms with Crippen LogP contribution in [-0.2, 0) is 4.79 Å². The second kappa shape index (κ2) is 13.7. The van der Waals surface area contributed by atoms with E-state index in [4.69, 9.17) is 23.7 Å². The molecule has 0 aliphatic carbocycles. The predicted octanol–water partition coefficient (Wildman–Crippen LogP) is 4.97. The number of carbonyl (C=O) groups is 2. The SMILES string of the molecule is CCC(C)c1ccc(OCC(=O)N/N=C/c2cccc(OC(=O)c3cc(OC)c(OC)c(OC)c3)c2)cc1. The summed E-state index contributed by atoms with van der Waals surface area (Å²) in [5.74, 6) is 1.40. The second-order valence-electron chi connectivity index (χ2n) is 8.34. The number of hydrogen-bond acceptors (Lipinski definition) is 8. The first kappa shape index (κ1) is 28.0. The standard InChI is InChI=1S/C29H32N2O7/c1-6-19(2)21-10-12-23(13-11-21)37-18-27(32)31-30-17-20-8-7-9-24(14-20)38-29(33)22-15-25(34-3)28(36-5)26(16-22)35-4/h7-17,19H,6,18H2,1-5H3,(H,31,32)/b30-17+. The molecule has 3 aromatic carbocycles. The summed E-state index contributed by atoms with van der Waals surface area (Å²) in [4.78, 5) is 24.8. The highest BCUT2D eigenvalue weighted by Gasteiger charge is 2.18. The van der Waals surface area contributed by atoms with Gasteiger partial charge >= 0.3 is 5.97 Å². The lowest BCUT2D eigenvalue weighted by molar-refractivity contribution is -0.123. The molecule has 3 rings (SSSR count). The molecule has 0 saturated carbocycles. The van der Waals surface area contributed by atoms with Crippen LogP contribution in [0.1, 0.15) is 47.7 Å². The van der Waals surface area contributed by atoms with Gasteiger partial charge in [0.15, 0.2) is 18.1 Å². The number of benzene rings is 3. The van der Waals surface area contributed by atoms with Crippen molar-refractivity contribution < 1.29 is 33.3 Å². The molecular formula is C29H32N2O7. The molecule has 0 radical (unpaired) electrons. The Labute approximate surface area is 222 Å². The first-order valence-electron chi connectivity index (χ1n) is 12.0. The Bertz CT molecular complexity index is 1250. The largest absolute Gasteiger partial charge is 0.493 e. The first-order chi connectivity index (χ1) is 18.4. The number of ether oxygens (including phenoxy) is 5. The van der Waals surface area contributed by atoms with Gasteiger partial charge in [0.25, 0.3) is 5.91 Å². The van der Waals surface area contributed by atoms with Crippen molar-refractivity contribution in [3.8, 4) is 28.7 Å². The van der Waals surface area contributed by atoms with Gasteiger partial charge in [0.05, 0.1) is 33.1 Å². The Balaban J connectivity index is 1.56. The number of esters is 1. The predicted molar refractivity (Wildman–Crippen MR) is 144 cm³/mol. The normalized spacial score (nSPS) is 11.5. The van der Waals surface area contributed by atoms with Crippen LogP contribution in [0.3, 0.4) is 0 Å². The van der Waals surface area contributed by atoms with Crippen LogP contribution in [-0.4, -0.2) is 46.0 Å². The van der Waals surface area contributed by atoms with Gasteiger partial charge < -0.3 is 23.7 Å². The van der Waals surface area contributed by atoms with Crippen molar-refractivity contribution in [3.63, 3.8) is 0 Å². The molecule has 200 valence electrons. The van der Waals surface area contributed by atoms with E-state index >= 15 is 0 Å². The van der Waals surface area contributed by atoms with Crippen LogP contribution in [0.4, 0.5) is 0 Å². The number of nitrogens with zero attached hydrogens (tertiary/aromatic N) is 1. The Morgan fingerprint density at radius 3 is 2.21 bits per heavy atom. The molecule has 0 spiro atoms. The van der Waals surface area contributed by atoms with E-state index in [1.54, 1.807) is 24.3 Å². The number of carbonyl (C=O) groups excluding carboxylic acids is 2. The first-order valence-corrected chi connectivity index (χ1v) is 12.0. The van der Waals surface area contributed by atoms with Crippen molar-refractivity contribution in [1.82, 2.24) is 5.43 Å². The number of rotatable bonds is 12. The zero-order chi connectivity index (χ0) is 27.5. The average molecular weight is 521 g/mol. The van der Waals surface area contributed by atoms with Gasteiger partial charge in [0.2, 0.25) is 5.75 Å². The van der Waals surface area contributed by atoms with Gasteiger partial charge in [-0.3, -0.25) is 4.79 Å². The van der Waals surface area contributed by atoms with Gasteiger partial charge in [-0.05, 0) is 59.9 Å². The summed E-state index contributed by atoms with van der Waals surface area (Å²) in [6.45, 7) is 4.13. The maximum atomic E-state index is 12.7. The summed E-state index contributed by atoms with van der Waals surface area (Å²) in [6.07, 6.45) is 2.49. The van der Waals surface area contributed by atoms with Gasteiger partial charge in [-0.25, -0.2) is 10.2 Å². The van der Waals surface area contributed by atoms with E-state index in [0.29, 0.717) is 40.2 Å². The lowest BCUT2D eigenvalue weighted by Gasteiger charge is -2.13. The molecule has 38 heavy (non-hydrogen) atoms. The molecule has 0 aromatic heterocycles. The van der Waals surface area contributed by atoms with Crippen molar-refractivity contribution in [2.45, 2.75) is 26.2 Å². The van der Waals surface area contributed by atoms with E-state index < -0.39 is 11.9 Å². The molecule has 0 aliphatic heterocycles. The van der Waals surface area contributed by atoms with Crippen LogP contribution in [0, 0.1) is 0 Å². The van der Waals surface area contributed by atoms with Gasteiger partial charge in [0, 0.05) is 0 Å². The zero-order valence-electron chi connectivity index (χ0n) is 22.1. The van der Waals surface area contributed by atoms with Crippen molar-refractivity contribution >= 4 is 18.1 Å². The van der Waals surface area contributed by atoms with Crippen molar-refractivity contribution in [2.24, 2.45) is 5.10 Å². The minimum absolute atomic E-state index is 0.174. The van der Waals surface area contributed by atoms with Crippen LogP contribution >= 0.6 is 0 Å². The van der Waals surface area contributed by atoms with Crippen LogP contribution in [0.5, 0.6) is 28.7 Å². The van der Waals surface area contributed by atoms with E-state index in [1.165, 1.54) is 45.2 Å². The average Bonchev–Trinajstić information content (AvgIpc) is 2.95. The molecule has 9 heteroatoms. The monoisotopic (exact) mass is 520 g/mol. The van der Waals surface area contributed by atoms with E-state index in [9.17, 15) is 9.59 Å². The Morgan fingerprint density at radius 1 is 0.921 bits per heavy atom. The zero-order valence-corrected chi connectivity index (χ0v) is 22.1. The van der Waals surface area contributed by atoms with Crippen LogP contribution in [0.15, 0.2) is 65.8 Å². The number of amides is 1. The highest BCUT2D eigenvalue weighted by molar-refractivity contribution is 5.93. The van der Waals surface area contributed by atoms with Crippen LogP contribution in [0.25, 0.3) is 0 Å². The van der Waals surface area contributed by atoms with Gasteiger partial charge in [0.1, 0.15) is 11.5 Å². The molecular weight excluding hydrogens is 488 g/mol. The lowest BCUT2D eigenvalue weighted by atomic mass is 9.99. The maximum absolute atomic E-state index is 12.7. The number of hydrogen-bond donors (Lipinski definition) is 1. The maximum Gasteiger partial charge on any atom is 0.343 e. The molecule has 1 amide bonds. The van der Waals surface area contributed by atoms with Gasteiger partial charge in [-0.15, -0.1) is 0 Å². The summed E-state index contributed by atoms with van der Waals surface area (Å²) in [7, 11) is 4.41.